The molecule has 3 nitrogen and oxygen atoms in total. The number of aromatic nitrogens is 2. The van der Waals surface area contributed by atoms with E-state index in [9.17, 15) is 0 Å². The Morgan fingerprint density at radius 2 is 2.00 bits per heavy atom. The van der Waals surface area contributed by atoms with Gasteiger partial charge in [0.1, 0.15) is 0 Å². The van der Waals surface area contributed by atoms with Crippen LogP contribution in [0.4, 0.5) is 0 Å². The van der Waals surface area contributed by atoms with E-state index in [4.69, 9.17) is 0 Å². The summed E-state index contributed by atoms with van der Waals surface area (Å²) in [7, 11) is 2.01. The summed E-state index contributed by atoms with van der Waals surface area (Å²) in [4.78, 5) is 0. The Labute approximate surface area is 122 Å². The van der Waals surface area contributed by atoms with Gasteiger partial charge < -0.3 is 5.32 Å². The van der Waals surface area contributed by atoms with E-state index in [1.165, 1.54) is 22.4 Å². The minimum atomic E-state index is 0.341. The molecule has 20 heavy (non-hydrogen) atoms. The molecule has 1 heterocycles. The molecule has 0 amide bonds. The van der Waals surface area contributed by atoms with Crippen molar-refractivity contribution >= 4 is 0 Å². The molecule has 0 bridgehead atoms. The van der Waals surface area contributed by atoms with Gasteiger partial charge in [-0.05, 0) is 46.2 Å². The van der Waals surface area contributed by atoms with Crippen molar-refractivity contribution in [3.05, 3.63) is 52.3 Å². The van der Waals surface area contributed by atoms with Crippen LogP contribution in [0.5, 0.6) is 0 Å². The molecule has 0 aliphatic carbocycles. The van der Waals surface area contributed by atoms with E-state index >= 15 is 0 Å². The van der Waals surface area contributed by atoms with Crippen molar-refractivity contribution < 1.29 is 0 Å². The van der Waals surface area contributed by atoms with E-state index in [0.29, 0.717) is 6.04 Å². The number of benzene rings is 1. The Bertz CT molecular complexity index is 584. The largest absolute Gasteiger partial charge is 0.310 e. The van der Waals surface area contributed by atoms with E-state index in [0.717, 1.165) is 18.7 Å². The summed E-state index contributed by atoms with van der Waals surface area (Å²) in [6.45, 7) is 9.56. The lowest BCUT2D eigenvalue weighted by Gasteiger charge is -2.15. The maximum atomic E-state index is 4.49. The standard InChI is InChI=1S/C17H25N3/c1-12-7-6-8-16(11-12)9-10-18-13(2)17-14(3)19-20(5)15(17)4/h6-8,11,13,18H,9-10H2,1-5H3. The van der Waals surface area contributed by atoms with Crippen molar-refractivity contribution in [2.45, 2.75) is 40.2 Å². The first-order chi connectivity index (χ1) is 9.49. The number of hydrogen-bond acceptors (Lipinski definition) is 2. The van der Waals surface area contributed by atoms with E-state index in [1.54, 1.807) is 0 Å². The lowest BCUT2D eigenvalue weighted by atomic mass is 10.1. The molecule has 0 spiro atoms. The summed E-state index contributed by atoms with van der Waals surface area (Å²) in [5, 5.41) is 8.09. The van der Waals surface area contributed by atoms with E-state index in [2.05, 4.69) is 62.4 Å². The summed E-state index contributed by atoms with van der Waals surface area (Å²) in [5.74, 6) is 0. The Hall–Kier alpha value is -1.61. The summed E-state index contributed by atoms with van der Waals surface area (Å²) in [5.41, 5.74) is 6.43. The van der Waals surface area contributed by atoms with Crippen LogP contribution in [0.1, 0.15) is 41.0 Å². The van der Waals surface area contributed by atoms with Crippen molar-refractivity contribution in [2.24, 2.45) is 7.05 Å². The van der Waals surface area contributed by atoms with Crippen LogP contribution in [-0.2, 0) is 13.5 Å². The van der Waals surface area contributed by atoms with Gasteiger partial charge in [-0.3, -0.25) is 4.68 Å². The van der Waals surface area contributed by atoms with Gasteiger partial charge in [0.25, 0.3) is 0 Å². The van der Waals surface area contributed by atoms with Gasteiger partial charge in [-0.2, -0.15) is 5.10 Å². The smallest absolute Gasteiger partial charge is 0.0644 e. The van der Waals surface area contributed by atoms with Gasteiger partial charge in [-0.1, -0.05) is 29.8 Å². The predicted octanol–water partition coefficient (Wildman–Crippen LogP) is 3.24. The second-order valence-electron chi connectivity index (χ2n) is 5.62. The molecular formula is C17H25N3. The zero-order valence-electron chi connectivity index (χ0n) is 13.2. The minimum absolute atomic E-state index is 0.341. The molecular weight excluding hydrogens is 246 g/mol. The molecule has 0 aliphatic rings. The number of aryl methyl sites for hydroxylation is 3. The average Bonchev–Trinajstić information content (AvgIpc) is 2.63. The maximum absolute atomic E-state index is 4.49. The SMILES string of the molecule is Cc1cccc(CCNC(C)c2c(C)nn(C)c2C)c1. The second kappa shape index (κ2) is 6.23. The zero-order chi connectivity index (χ0) is 14.7. The Balaban J connectivity index is 1.94. The normalized spacial score (nSPS) is 12.7. The van der Waals surface area contributed by atoms with Crippen LogP contribution in [0.3, 0.4) is 0 Å². The molecule has 2 aromatic rings. The van der Waals surface area contributed by atoms with Gasteiger partial charge in [0.15, 0.2) is 0 Å². The van der Waals surface area contributed by atoms with Crippen LogP contribution in [0.15, 0.2) is 24.3 Å². The van der Waals surface area contributed by atoms with Crippen molar-refractivity contribution in [1.29, 1.82) is 0 Å². The third-order valence-corrected chi connectivity index (χ3v) is 3.94. The molecule has 0 saturated heterocycles. The summed E-state index contributed by atoms with van der Waals surface area (Å²) in [6.07, 6.45) is 1.06. The van der Waals surface area contributed by atoms with Crippen LogP contribution >= 0.6 is 0 Å². The molecule has 0 radical (unpaired) electrons. The van der Waals surface area contributed by atoms with Crippen molar-refractivity contribution in [1.82, 2.24) is 15.1 Å². The van der Waals surface area contributed by atoms with Gasteiger partial charge in [0, 0.05) is 24.3 Å². The fourth-order valence-corrected chi connectivity index (χ4v) is 2.82. The highest BCUT2D eigenvalue weighted by Gasteiger charge is 2.15. The number of nitrogens with one attached hydrogen (secondary N) is 1. The third-order valence-electron chi connectivity index (χ3n) is 3.94. The maximum Gasteiger partial charge on any atom is 0.0644 e. The van der Waals surface area contributed by atoms with Crippen LogP contribution in [0.25, 0.3) is 0 Å². The summed E-state index contributed by atoms with van der Waals surface area (Å²) in [6, 6.07) is 9.06. The zero-order valence-corrected chi connectivity index (χ0v) is 13.2. The quantitative estimate of drug-likeness (QED) is 0.904. The fraction of sp³-hybridized carbons (Fsp3) is 0.471. The highest BCUT2D eigenvalue weighted by atomic mass is 15.3. The molecule has 1 unspecified atom stereocenters. The molecule has 0 aliphatic heterocycles. The molecule has 3 heteroatoms. The van der Waals surface area contributed by atoms with E-state index < -0.39 is 0 Å². The minimum Gasteiger partial charge on any atom is -0.310 e. The monoisotopic (exact) mass is 271 g/mol. The first-order valence-corrected chi connectivity index (χ1v) is 7.28. The number of hydrogen-bond donors (Lipinski definition) is 1. The Morgan fingerprint density at radius 1 is 1.25 bits per heavy atom. The average molecular weight is 271 g/mol. The molecule has 0 saturated carbocycles. The van der Waals surface area contributed by atoms with Gasteiger partial charge >= 0.3 is 0 Å². The summed E-state index contributed by atoms with van der Waals surface area (Å²) >= 11 is 0. The molecule has 1 atom stereocenters. The van der Waals surface area contributed by atoms with Gasteiger partial charge in [-0.25, -0.2) is 0 Å². The fourth-order valence-electron chi connectivity index (χ4n) is 2.82. The van der Waals surface area contributed by atoms with Gasteiger partial charge in [0.2, 0.25) is 0 Å². The molecule has 0 fully saturated rings. The van der Waals surface area contributed by atoms with Crippen LogP contribution < -0.4 is 5.32 Å². The highest BCUT2D eigenvalue weighted by molar-refractivity contribution is 5.27. The highest BCUT2D eigenvalue weighted by Crippen LogP contribution is 2.20. The van der Waals surface area contributed by atoms with Crippen LogP contribution in [-0.4, -0.2) is 16.3 Å². The topological polar surface area (TPSA) is 29.9 Å². The molecule has 108 valence electrons. The van der Waals surface area contributed by atoms with Crippen LogP contribution in [0.2, 0.25) is 0 Å². The lowest BCUT2D eigenvalue weighted by Crippen LogP contribution is -2.22. The first kappa shape index (κ1) is 14.8. The summed E-state index contributed by atoms with van der Waals surface area (Å²) < 4.78 is 1.96. The lowest BCUT2D eigenvalue weighted by molar-refractivity contribution is 0.571. The number of rotatable bonds is 5. The molecule has 1 aromatic heterocycles. The number of nitrogens with zero attached hydrogens (tertiary/aromatic N) is 2. The van der Waals surface area contributed by atoms with E-state index in [1.807, 2.05) is 11.7 Å². The molecule has 1 N–H and O–H groups in total. The second-order valence-corrected chi connectivity index (χ2v) is 5.62. The Morgan fingerprint density at radius 3 is 2.60 bits per heavy atom. The first-order valence-electron chi connectivity index (χ1n) is 7.28. The molecule has 2 rings (SSSR count). The van der Waals surface area contributed by atoms with Gasteiger partial charge in [-0.15, -0.1) is 0 Å². The van der Waals surface area contributed by atoms with Gasteiger partial charge in [0.05, 0.1) is 5.69 Å². The van der Waals surface area contributed by atoms with Crippen molar-refractivity contribution in [3.63, 3.8) is 0 Å². The van der Waals surface area contributed by atoms with Crippen molar-refractivity contribution in [3.8, 4) is 0 Å². The predicted molar refractivity (Wildman–Crippen MR) is 84.0 cm³/mol. The molecule has 1 aromatic carbocycles. The van der Waals surface area contributed by atoms with Crippen LogP contribution in [0, 0.1) is 20.8 Å². The van der Waals surface area contributed by atoms with E-state index in [-0.39, 0.29) is 0 Å². The third kappa shape index (κ3) is 3.28. The Kier molecular flexibility index (Phi) is 4.61. The van der Waals surface area contributed by atoms with Crippen molar-refractivity contribution in [2.75, 3.05) is 6.54 Å².